The first-order valence-corrected chi connectivity index (χ1v) is 4.03. The molecule has 3 heteroatoms. The van der Waals surface area contributed by atoms with Gasteiger partial charge in [-0.3, -0.25) is 0 Å². The van der Waals surface area contributed by atoms with Crippen LogP contribution in [0, 0.1) is 0 Å². The van der Waals surface area contributed by atoms with Gasteiger partial charge < -0.3 is 5.11 Å². The summed E-state index contributed by atoms with van der Waals surface area (Å²) in [6.07, 6.45) is -0.993. The van der Waals surface area contributed by atoms with Crippen LogP contribution in [-0.4, -0.2) is 11.8 Å². The van der Waals surface area contributed by atoms with E-state index in [1.165, 1.54) is 0 Å². The topological polar surface area (TPSA) is 20.2 Å². The van der Waals surface area contributed by atoms with Gasteiger partial charge in [0.1, 0.15) is 12.8 Å². The third-order valence-corrected chi connectivity index (χ3v) is 1.87. The van der Waals surface area contributed by atoms with Crippen LogP contribution in [0.3, 0.4) is 0 Å². The molecule has 0 heterocycles. The van der Waals surface area contributed by atoms with Crippen molar-refractivity contribution in [3.8, 4) is 0 Å². The van der Waals surface area contributed by atoms with Crippen LogP contribution >= 0.6 is 15.9 Å². The average molecular weight is 219 g/mol. The molecule has 0 amide bonds. The zero-order valence-corrected chi connectivity index (χ0v) is 7.38. The standard InChI is InChI=1S/C8H8BrFO/c9-7-3-1-2-6(4-7)8(11)5-10/h1-4,8,11H,5H2. The van der Waals surface area contributed by atoms with Crippen molar-refractivity contribution in [2.45, 2.75) is 6.10 Å². The van der Waals surface area contributed by atoms with E-state index in [9.17, 15) is 4.39 Å². The molecule has 0 aromatic heterocycles. The van der Waals surface area contributed by atoms with E-state index in [2.05, 4.69) is 15.9 Å². The molecule has 0 aliphatic rings. The van der Waals surface area contributed by atoms with Gasteiger partial charge in [0.2, 0.25) is 0 Å². The molecular weight excluding hydrogens is 211 g/mol. The molecule has 0 aliphatic carbocycles. The summed E-state index contributed by atoms with van der Waals surface area (Å²) >= 11 is 3.23. The van der Waals surface area contributed by atoms with Crippen LogP contribution in [0.15, 0.2) is 28.7 Å². The van der Waals surface area contributed by atoms with E-state index in [4.69, 9.17) is 5.11 Å². The molecule has 1 N–H and O–H groups in total. The van der Waals surface area contributed by atoms with Crippen LogP contribution < -0.4 is 0 Å². The van der Waals surface area contributed by atoms with Crippen LogP contribution in [0.4, 0.5) is 4.39 Å². The van der Waals surface area contributed by atoms with Crippen molar-refractivity contribution in [3.05, 3.63) is 34.3 Å². The monoisotopic (exact) mass is 218 g/mol. The van der Waals surface area contributed by atoms with Crippen molar-refractivity contribution < 1.29 is 9.50 Å². The van der Waals surface area contributed by atoms with Gasteiger partial charge in [0.05, 0.1) is 0 Å². The fourth-order valence-corrected chi connectivity index (χ4v) is 1.22. The first kappa shape index (κ1) is 8.68. The number of aliphatic hydroxyl groups excluding tert-OH is 1. The second-order valence-corrected chi connectivity index (χ2v) is 3.14. The summed E-state index contributed by atoms with van der Waals surface area (Å²) in [4.78, 5) is 0. The molecule has 0 saturated carbocycles. The second-order valence-electron chi connectivity index (χ2n) is 2.23. The lowest BCUT2D eigenvalue weighted by atomic mass is 10.1. The predicted octanol–water partition coefficient (Wildman–Crippen LogP) is 2.45. The first-order valence-electron chi connectivity index (χ1n) is 3.23. The zero-order chi connectivity index (χ0) is 8.27. The summed E-state index contributed by atoms with van der Waals surface area (Å²) in [6, 6.07) is 6.98. The minimum Gasteiger partial charge on any atom is -0.386 e. The van der Waals surface area contributed by atoms with Gasteiger partial charge in [-0.1, -0.05) is 28.1 Å². The lowest BCUT2D eigenvalue weighted by Crippen LogP contribution is -1.98. The van der Waals surface area contributed by atoms with Gasteiger partial charge in [0.25, 0.3) is 0 Å². The minimum atomic E-state index is -0.993. The fourth-order valence-electron chi connectivity index (χ4n) is 0.803. The molecule has 0 fully saturated rings. The number of halogens is 2. The molecule has 1 atom stereocenters. The molecule has 11 heavy (non-hydrogen) atoms. The Kier molecular flexibility index (Phi) is 3.02. The van der Waals surface area contributed by atoms with Gasteiger partial charge in [0.15, 0.2) is 0 Å². The summed E-state index contributed by atoms with van der Waals surface area (Å²) in [7, 11) is 0. The van der Waals surface area contributed by atoms with Crippen molar-refractivity contribution >= 4 is 15.9 Å². The highest BCUT2D eigenvalue weighted by molar-refractivity contribution is 9.10. The normalized spacial score (nSPS) is 13.0. The van der Waals surface area contributed by atoms with Crippen molar-refractivity contribution in [2.75, 3.05) is 6.67 Å². The molecule has 0 spiro atoms. The minimum absolute atomic E-state index is 0.599. The molecule has 1 rings (SSSR count). The molecule has 0 bridgehead atoms. The first-order chi connectivity index (χ1) is 5.24. The van der Waals surface area contributed by atoms with Gasteiger partial charge in [-0.2, -0.15) is 0 Å². The van der Waals surface area contributed by atoms with Crippen molar-refractivity contribution in [1.82, 2.24) is 0 Å². The lowest BCUT2D eigenvalue weighted by Gasteiger charge is -2.05. The van der Waals surface area contributed by atoms with Crippen LogP contribution in [-0.2, 0) is 0 Å². The molecule has 60 valence electrons. The number of aliphatic hydroxyl groups is 1. The molecular formula is C8H8BrFO. The predicted molar refractivity (Wildman–Crippen MR) is 45.1 cm³/mol. The zero-order valence-electron chi connectivity index (χ0n) is 5.80. The molecule has 0 radical (unpaired) electrons. The number of alkyl halides is 1. The molecule has 1 aromatic carbocycles. The smallest absolute Gasteiger partial charge is 0.119 e. The van der Waals surface area contributed by atoms with E-state index in [-0.39, 0.29) is 0 Å². The Labute approximate surface area is 73.0 Å². The lowest BCUT2D eigenvalue weighted by molar-refractivity contribution is 0.141. The summed E-state index contributed by atoms with van der Waals surface area (Å²) < 4.78 is 12.8. The van der Waals surface area contributed by atoms with E-state index >= 15 is 0 Å². The van der Waals surface area contributed by atoms with Crippen molar-refractivity contribution in [2.24, 2.45) is 0 Å². The maximum atomic E-state index is 11.9. The van der Waals surface area contributed by atoms with Gasteiger partial charge >= 0.3 is 0 Å². The van der Waals surface area contributed by atoms with Gasteiger partial charge in [0, 0.05) is 4.47 Å². The summed E-state index contributed by atoms with van der Waals surface area (Å²) in [5, 5.41) is 9.06. The molecule has 0 saturated heterocycles. The number of rotatable bonds is 2. The average Bonchev–Trinajstić information content (AvgIpc) is 2.03. The Morgan fingerprint density at radius 2 is 2.27 bits per heavy atom. The Hall–Kier alpha value is -0.410. The highest BCUT2D eigenvalue weighted by Gasteiger charge is 2.05. The summed E-state index contributed by atoms with van der Waals surface area (Å²) in [5.74, 6) is 0. The third-order valence-electron chi connectivity index (χ3n) is 1.38. The maximum absolute atomic E-state index is 11.9. The Morgan fingerprint density at radius 3 is 2.82 bits per heavy atom. The van der Waals surface area contributed by atoms with Crippen LogP contribution in [0.2, 0.25) is 0 Å². The number of benzene rings is 1. The quantitative estimate of drug-likeness (QED) is 0.809. The molecule has 0 aliphatic heterocycles. The van der Waals surface area contributed by atoms with Crippen molar-refractivity contribution in [1.29, 1.82) is 0 Å². The Bertz CT molecular complexity index is 239. The molecule has 1 unspecified atom stereocenters. The third kappa shape index (κ3) is 2.27. The van der Waals surface area contributed by atoms with Gasteiger partial charge in [-0.15, -0.1) is 0 Å². The molecule has 1 nitrogen and oxygen atoms in total. The van der Waals surface area contributed by atoms with Crippen molar-refractivity contribution in [3.63, 3.8) is 0 Å². The second kappa shape index (κ2) is 3.83. The number of hydrogen-bond acceptors (Lipinski definition) is 1. The molecule has 1 aromatic rings. The van der Waals surface area contributed by atoms with E-state index in [1.807, 2.05) is 6.07 Å². The summed E-state index contributed by atoms with van der Waals surface area (Å²) in [6.45, 7) is -0.740. The van der Waals surface area contributed by atoms with Crippen LogP contribution in [0.25, 0.3) is 0 Å². The largest absolute Gasteiger partial charge is 0.386 e. The van der Waals surface area contributed by atoms with Crippen LogP contribution in [0.1, 0.15) is 11.7 Å². The van der Waals surface area contributed by atoms with E-state index in [0.29, 0.717) is 5.56 Å². The van der Waals surface area contributed by atoms with E-state index in [0.717, 1.165) is 4.47 Å². The Balaban J connectivity index is 2.86. The van der Waals surface area contributed by atoms with E-state index in [1.54, 1.807) is 18.2 Å². The SMILES string of the molecule is OC(CF)c1cccc(Br)c1. The maximum Gasteiger partial charge on any atom is 0.119 e. The highest BCUT2D eigenvalue weighted by atomic mass is 79.9. The van der Waals surface area contributed by atoms with Gasteiger partial charge in [-0.05, 0) is 17.7 Å². The Morgan fingerprint density at radius 1 is 1.55 bits per heavy atom. The number of hydrogen-bond donors (Lipinski definition) is 1. The van der Waals surface area contributed by atoms with Crippen LogP contribution in [0.5, 0.6) is 0 Å². The fraction of sp³-hybridized carbons (Fsp3) is 0.250. The van der Waals surface area contributed by atoms with Gasteiger partial charge in [-0.25, -0.2) is 4.39 Å². The van der Waals surface area contributed by atoms with E-state index < -0.39 is 12.8 Å². The summed E-state index contributed by atoms with van der Waals surface area (Å²) in [5.41, 5.74) is 0.599. The highest BCUT2D eigenvalue weighted by Crippen LogP contribution is 2.17.